The number of piperidine rings is 1. The predicted molar refractivity (Wildman–Crippen MR) is 98.9 cm³/mol. The summed E-state index contributed by atoms with van der Waals surface area (Å²) in [7, 11) is 2.00. The molecule has 0 radical (unpaired) electrons. The Morgan fingerprint density at radius 2 is 2.04 bits per heavy atom. The van der Waals surface area contributed by atoms with Crippen molar-refractivity contribution < 1.29 is 9.90 Å². The van der Waals surface area contributed by atoms with Gasteiger partial charge in [-0.15, -0.1) is 10.2 Å². The summed E-state index contributed by atoms with van der Waals surface area (Å²) in [5, 5.41) is 18.5. The molecule has 1 saturated carbocycles. The van der Waals surface area contributed by atoms with Gasteiger partial charge in [0.05, 0.1) is 19.0 Å². The van der Waals surface area contributed by atoms with Crippen molar-refractivity contribution in [2.75, 3.05) is 13.1 Å². The maximum absolute atomic E-state index is 12.9. The van der Waals surface area contributed by atoms with Crippen LogP contribution < -0.4 is 0 Å². The van der Waals surface area contributed by atoms with Gasteiger partial charge in [-0.05, 0) is 38.5 Å². The van der Waals surface area contributed by atoms with E-state index in [2.05, 4.69) is 19.7 Å². The molecular formula is C19H28N6O2. The molecule has 2 aromatic heterocycles. The molecule has 1 unspecified atom stereocenters. The number of aliphatic hydroxyl groups excluding tert-OH is 1. The number of carbonyl (C=O) groups is 1. The average Bonchev–Trinajstić information content (AvgIpc) is 3.33. The molecule has 146 valence electrons. The Balaban J connectivity index is 1.42. The fourth-order valence-electron chi connectivity index (χ4n) is 4.38. The number of carbonyl (C=O) groups excluding carboxylic acids is 1. The van der Waals surface area contributed by atoms with Crippen LogP contribution in [0.4, 0.5) is 0 Å². The Bertz CT molecular complexity index is 763. The van der Waals surface area contributed by atoms with Crippen LogP contribution in [-0.2, 0) is 18.4 Å². The highest BCUT2D eigenvalue weighted by Gasteiger charge is 2.33. The lowest BCUT2D eigenvalue weighted by Crippen LogP contribution is -2.43. The van der Waals surface area contributed by atoms with E-state index in [9.17, 15) is 9.90 Å². The zero-order valence-corrected chi connectivity index (χ0v) is 15.9. The SMILES string of the molecule is Cn1c(Cn2ccnc2)nnc1C1CCCN(C(=O)C2CCC(O)CC2)C1. The maximum Gasteiger partial charge on any atom is 0.225 e. The fourth-order valence-corrected chi connectivity index (χ4v) is 4.38. The number of likely N-dealkylation sites (tertiary alicyclic amines) is 1. The standard InChI is InChI=1S/C19H28N6O2/c1-23-17(12-24-10-8-20-13-24)21-22-18(23)15-3-2-9-25(11-15)19(27)14-4-6-16(26)7-5-14/h8,10,13-16,26H,2-7,9,11-12H2,1H3. The second-order valence-corrected chi connectivity index (χ2v) is 7.90. The zero-order valence-electron chi connectivity index (χ0n) is 15.9. The molecule has 27 heavy (non-hydrogen) atoms. The van der Waals surface area contributed by atoms with Crippen LogP contribution in [0.2, 0.25) is 0 Å². The number of imidazole rings is 1. The molecule has 1 N–H and O–H groups in total. The van der Waals surface area contributed by atoms with E-state index < -0.39 is 0 Å². The van der Waals surface area contributed by atoms with Crippen molar-refractivity contribution in [1.82, 2.24) is 29.2 Å². The van der Waals surface area contributed by atoms with E-state index in [4.69, 9.17) is 0 Å². The van der Waals surface area contributed by atoms with Gasteiger partial charge in [0.15, 0.2) is 5.82 Å². The van der Waals surface area contributed by atoms with Crippen molar-refractivity contribution in [1.29, 1.82) is 0 Å². The Morgan fingerprint density at radius 1 is 1.22 bits per heavy atom. The Labute approximate surface area is 159 Å². The van der Waals surface area contributed by atoms with Gasteiger partial charge in [0, 0.05) is 44.4 Å². The monoisotopic (exact) mass is 372 g/mol. The van der Waals surface area contributed by atoms with Gasteiger partial charge in [-0.3, -0.25) is 4.79 Å². The minimum atomic E-state index is -0.226. The molecule has 4 rings (SSSR count). The fraction of sp³-hybridized carbons (Fsp3) is 0.684. The lowest BCUT2D eigenvalue weighted by Gasteiger charge is -2.36. The summed E-state index contributed by atoms with van der Waals surface area (Å²) in [5.41, 5.74) is 0. The lowest BCUT2D eigenvalue weighted by molar-refractivity contribution is -0.138. The molecule has 1 amide bonds. The van der Waals surface area contributed by atoms with Crippen LogP contribution >= 0.6 is 0 Å². The van der Waals surface area contributed by atoms with Gasteiger partial charge in [0.2, 0.25) is 5.91 Å². The van der Waals surface area contributed by atoms with Crippen molar-refractivity contribution in [3.63, 3.8) is 0 Å². The highest BCUT2D eigenvalue weighted by Crippen LogP contribution is 2.30. The minimum absolute atomic E-state index is 0.0726. The molecule has 8 nitrogen and oxygen atoms in total. The number of hydrogen-bond acceptors (Lipinski definition) is 5. The smallest absolute Gasteiger partial charge is 0.225 e. The largest absolute Gasteiger partial charge is 0.393 e. The molecule has 1 aliphatic carbocycles. The zero-order chi connectivity index (χ0) is 18.8. The molecule has 0 spiro atoms. The van der Waals surface area contributed by atoms with Crippen LogP contribution in [-0.4, -0.2) is 59.4 Å². The van der Waals surface area contributed by atoms with E-state index in [-0.39, 0.29) is 23.8 Å². The first-order valence-electron chi connectivity index (χ1n) is 9.92. The molecule has 1 aliphatic heterocycles. The van der Waals surface area contributed by atoms with Crippen LogP contribution in [0.1, 0.15) is 56.1 Å². The highest BCUT2D eigenvalue weighted by atomic mass is 16.3. The van der Waals surface area contributed by atoms with Crippen LogP contribution in [0, 0.1) is 5.92 Å². The molecule has 2 fully saturated rings. The third-order valence-corrected chi connectivity index (χ3v) is 6.03. The Hall–Kier alpha value is -2.22. The van der Waals surface area contributed by atoms with Gasteiger partial charge in [-0.2, -0.15) is 0 Å². The van der Waals surface area contributed by atoms with Crippen molar-refractivity contribution in [2.45, 2.75) is 57.1 Å². The number of amides is 1. The van der Waals surface area contributed by atoms with E-state index in [1.54, 1.807) is 12.5 Å². The Morgan fingerprint density at radius 3 is 2.78 bits per heavy atom. The van der Waals surface area contributed by atoms with Crippen LogP contribution in [0.15, 0.2) is 18.7 Å². The second-order valence-electron chi connectivity index (χ2n) is 7.90. The van der Waals surface area contributed by atoms with Crippen LogP contribution in [0.5, 0.6) is 0 Å². The third-order valence-electron chi connectivity index (χ3n) is 6.03. The van der Waals surface area contributed by atoms with Gasteiger partial charge >= 0.3 is 0 Å². The summed E-state index contributed by atoms with van der Waals surface area (Å²) < 4.78 is 4.04. The average molecular weight is 372 g/mol. The quantitative estimate of drug-likeness (QED) is 0.874. The summed E-state index contributed by atoms with van der Waals surface area (Å²) >= 11 is 0. The molecule has 2 aliphatic rings. The lowest BCUT2D eigenvalue weighted by atomic mass is 9.85. The number of aliphatic hydroxyl groups is 1. The van der Waals surface area contributed by atoms with Crippen LogP contribution in [0.25, 0.3) is 0 Å². The maximum atomic E-state index is 12.9. The Kier molecular flexibility index (Phi) is 5.24. The minimum Gasteiger partial charge on any atom is -0.393 e. The van der Waals surface area contributed by atoms with Gasteiger partial charge in [0.25, 0.3) is 0 Å². The normalized spacial score (nSPS) is 26.3. The van der Waals surface area contributed by atoms with Crippen molar-refractivity contribution in [3.05, 3.63) is 30.4 Å². The molecule has 2 aromatic rings. The predicted octanol–water partition coefficient (Wildman–Crippen LogP) is 1.32. The summed E-state index contributed by atoms with van der Waals surface area (Å²) in [4.78, 5) is 19.0. The number of rotatable bonds is 4. The van der Waals surface area contributed by atoms with E-state index in [0.29, 0.717) is 6.54 Å². The molecule has 1 saturated heterocycles. The van der Waals surface area contributed by atoms with Crippen LogP contribution in [0.3, 0.4) is 0 Å². The highest BCUT2D eigenvalue weighted by molar-refractivity contribution is 5.79. The van der Waals surface area contributed by atoms with E-state index in [1.807, 2.05) is 22.7 Å². The topological polar surface area (TPSA) is 89.1 Å². The number of aromatic nitrogens is 5. The molecule has 1 atom stereocenters. The van der Waals surface area contributed by atoms with Gasteiger partial charge in [-0.25, -0.2) is 4.98 Å². The van der Waals surface area contributed by atoms with Gasteiger partial charge in [0.1, 0.15) is 5.82 Å². The number of hydrogen-bond donors (Lipinski definition) is 1. The van der Waals surface area contributed by atoms with E-state index in [0.717, 1.165) is 63.3 Å². The van der Waals surface area contributed by atoms with Gasteiger partial charge < -0.3 is 19.1 Å². The van der Waals surface area contributed by atoms with Crippen molar-refractivity contribution >= 4 is 5.91 Å². The molecule has 0 bridgehead atoms. The first-order valence-corrected chi connectivity index (χ1v) is 9.92. The second kappa shape index (κ2) is 7.80. The third kappa shape index (κ3) is 3.90. The van der Waals surface area contributed by atoms with Gasteiger partial charge in [-0.1, -0.05) is 0 Å². The summed E-state index contributed by atoms with van der Waals surface area (Å²) in [6, 6.07) is 0. The molecule has 0 aromatic carbocycles. The first-order chi connectivity index (χ1) is 13.1. The molecular weight excluding hydrogens is 344 g/mol. The van der Waals surface area contributed by atoms with Crippen molar-refractivity contribution in [3.8, 4) is 0 Å². The summed E-state index contributed by atoms with van der Waals surface area (Å²) in [6.07, 6.45) is 10.3. The van der Waals surface area contributed by atoms with E-state index >= 15 is 0 Å². The summed E-state index contributed by atoms with van der Waals surface area (Å²) in [6.45, 7) is 2.19. The van der Waals surface area contributed by atoms with Crippen molar-refractivity contribution in [2.24, 2.45) is 13.0 Å². The number of nitrogens with zero attached hydrogens (tertiary/aromatic N) is 6. The molecule has 3 heterocycles. The first kappa shape index (κ1) is 18.2. The summed E-state index contributed by atoms with van der Waals surface area (Å²) in [5.74, 6) is 2.41. The molecule has 8 heteroatoms. The van der Waals surface area contributed by atoms with E-state index in [1.165, 1.54) is 0 Å².